The average molecular weight is 453 g/mol. The summed E-state index contributed by atoms with van der Waals surface area (Å²) in [7, 11) is 0. The number of nitrogens with one attached hydrogen (secondary N) is 1. The Kier molecular flexibility index (Phi) is 4.64. The second-order valence-corrected chi connectivity index (χ2v) is 6.16. The van der Waals surface area contributed by atoms with E-state index in [0.29, 0.717) is 8.59 Å². The molecule has 7 heteroatoms. The Morgan fingerprint density at radius 2 is 2.00 bits per heavy atom. The zero-order valence-corrected chi connectivity index (χ0v) is 13.9. The number of nitro groups is 1. The molecule has 0 saturated carbocycles. The summed E-state index contributed by atoms with van der Waals surface area (Å²) in [5.41, 5.74) is 1.57. The van der Waals surface area contributed by atoms with Gasteiger partial charge in [-0.2, -0.15) is 0 Å². The molecular formula is C12H7BrClIN2O2. The molecule has 0 bridgehead atoms. The SMILES string of the molecule is O=[N+]([O-])c1ccc(Nc2cc(Br)ccc2Cl)cc1I. The molecule has 2 rings (SSSR count). The molecule has 0 radical (unpaired) electrons. The van der Waals surface area contributed by atoms with Gasteiger partial charge in [0.25, 0.3) is 5.69 Å². The van der Waals surface area contributed by atoms with Crippen LogP contribution in [0.2, 0.25) is 5.02 Å². The van der Waals surface area contributed by atoms with Crippen molar-refractivity contribution < 1.29 is 4.92 Å². The summed E-state index contributed by atoms with van der Waals surface area (Å²) in [6.07, 6.45) is 0. The van der Waals surface area contributed by atoms with Crippen molar-refractivity contribution in [3.8, 4) is 0 Å². The molecule has 0 saturated heterocycles. The van der Waals surface area contributed by atoms with Crippen molar-refractivity contribution in [2.45, 2.75) is 0 Å². The lowest BCUT2D eigenvalue weighted by Crippen LogP contribution is -1.95. The number of anilines is 2. The first kappa shape index (κ1) is 14.5. The first-order valence-corrected chi connectivity index (χ1v) is 7.38. The summed E-state index contributed by atoms with van der Waals surface area (Å²) in [5.74, 6) is 0. The third-order valence-corrected chi connectivity index (χ3v) is 4.04. The topological polar surface area (TPSA) is 55.2 Å². The van der Waals surface area contributed by atoms with Crippen molar-refractivity contribution in [3.63, 3.8) is 0 Å². The molecule has 1 N–H and O–H groups in total. The number of hydrogen-bond acceptors (Lipinski definition) is 3. The normalized spacial score (nSPS) is 10.3. The van der Waals surface area contributed by atoms with Crippen LogP contribution in [0.3, 0.4) is 0 Å². The number of benzene rings is 2. The lowest BCUT2D eigenvalue weighted by atomic mass is 10.2. The largest absolute Gasteiger partial charge is 0.354 e. The molecule has 0 unspecified atom stereocenters. The van der Waals surface area contributed by atoms with E-state index in [0.717, 1.165) is 15.8 Å². The zero-order valence-electron chi connectivity index (χ0n) is 9.36. The highest BCUT2D eigenvalue weighted by atomic mass is 127. The van der Waals surface area contributed by atoms with Crippen LogP contribution in [-0.4, -0.2) is 4.92 Å². The predicted octanol–water partition coefficient (Wildman–Crippen LogP) is 5.36. The molecule has 19 heavy (non-hydrogen) atoms. The maximum atomic E-state index is 10.7. The van der Waals surface area contributed by atoms with Crippen molar-refractivity contribution in [2.75, 3.05) is 5.32 Å². The number of nitrogens with zero attached hydrogens (tertiary/aromatic N) is 1. The second kappa shape index (κ2) is 6.06. The van der Waals surface area contributed by atoms with E-state index in [1.165, 1.54) is 6.07 Å². The standard InChI is InChI=1S/C12H7BrClIN2O2/c13-7-1-3-9(14)11(5-7)16-8-2-4-12(17(18)19)10(15)6-8/h1-6,16H. The molecule has 98 valence electrons. The van der Waals surface area contributed by atoms with Crippen LogP contribution >= 0.6 is 50.1 Å². The zero-order chi connectivity index (χ0) is 14.0. The van der Waals surface area contributed by atoms with Crippen molar-refractivity contribution in [1.82, 2.24) is 0 Å². The number of rotatable bonds is 3. The van der Waals surface area contributed by atoms with E-state index in [1.54, 1.807) is 18.2 Å². The van der Waals surface area contributed by atoms with Gasteiger partial charge in [-0.15, -0.1) is 0 Å². The average Bonchev–Trinajstić information content (AvgIpc) is 2.33. The van der Waals surface area contributed by atoms with Crippen molar-refractivity contribution >= 4 is 67.2 Å². The summed E-state index contributed by atoms with van der Waals surface area (Å²) in [6.45, 7) is 0. The van der Waals surface area contributed by atoms with Crippen LogP contribution in [0, 0.1) is 13.7 Å². The number of hydrogen-bond donors (Lipinski definition) is 1. The van der Waals surface area contributed by atoms with E-state index in [2.05, 4.69) is 21.2 Å². The summed E-state index contributed by atoms with van der Waals surface area (Å²) in [4.78, 5) is 10.3. The highest BCUT2D eigenvalue weighted by Gasteiger charge is 2.12. The minimum atomic E-state index is -0.405. The smallest absolute Gasteiger partial charge is 0.282 e. The van der Waals surface area contributed by atoms with E-state index < -0.39 is 4.92 Å². The minimum absolute atomic E-state index is 0.0893. The van der Waals surface area contributed by atoms with Gasteiger partial charge in [0, 0.05) is 16.2 Å². The summed E-state index contributed by atoms with van der Waals surface area (Å²) >= 11 is 11.4. The Morgan fingerprint density at radius 3 is 2.63 bits per heavy atom. The molecule has 0 heterocycles. The van der Waals surface area contributed by atoms with Gasteiger partial charge in [-0.1, -0.05) is 27.5 Å². The summed E-state index contributed by atoms with van der Waals surface area (Å²) in [6, 6.07) is 10.3. The molecule has 0 aliphatic heterocycles. The van der Waals surface area contributed by atoms with E-state index >= 15 is 0 Å². The van der Waals surface area contributed by atoms with Crippen LogP contribution < -0.4 is 5.32 Å². The Balaban J connectivity index is 2.31. The molecule has 0 aromatic heterocycles. The van der Waals surface area contributed by atoms with Gasteiger partial charge in [0.15, 0.2) is 0 Å². The quantitative estimate of drug-likeness (QED) is 0.387. The monoisotopic (exact) mass is 452 g/mol. The van der Waals surface area contributed by atoms with Gasteiger partial charge in [0.05, 0.1) is 19.2 Å². The first-order chi connectivity index (χ1) is 8.97. The van der Waals surface area contributed by atoms with Crippen LogP contribution in [0.15, 0.2) is 40.9 Å². The molecule has 0 aliphatic rings. The van der Waals surface area contributed by atoms with E-state index in [1.807, 2.05) is 34.7 Å². The van der Waals surface area contributed by atoms with Gasteiger partial charge in [0.1, 0.15) is 0 Å². The lowest BCUT2D eigenvalue weighted by molar-refractivity contribution is -0.385. The summed E-state index contributed by atoms with van der Waals surface area (Å²) in [5, 5.41) is 14.5. The van der Waals surface area contributed by atoms with Crippen LogP contribution in [0.5, 0.6) is 0 Å². The maximum Gasteiger partial charge on any atom is 0.282 e. The van der Waals surface area contributed by atoms with Gasteiger partial charge in [0.2, 0.25) is 0 Å². The van der Waals surface area contributed by atoms with E-state index in [4.69, 9.17) is 11.6 Å². The maximum absolute atomic E-state index is 10.7. The minimum Gasteiger partial charge on any atom is -0.354 e. The molecule has 0 fully saturated rings. The van der Waals surface area contributed by atoms with Crippen LogP contribution in [-0.2, 0) is 0 Å². The molecule has 0 aliphatic carbocycles. The van der Waals surface area contributed by atoms with Crippen molar-refractivity contribution in [3.05, 3.63) is 59.6 Å². The molecule has 2 aromatic rings. The number of nitro benzene ring substituents is 1. The fourth-order valence-corrected chi connectivity index (χ4v) is 2.72. The Labute approximate surface area is 136 Å². The van der Waals surface area contributed by atoms with E-state index in [9.17, 15) is 10.1 Å². The third kappa shape index (κ3) is 3.58. The second-order valence-electron chi connectivity index (χ2n) is 3.67. The molecule has 0 spiro atoms. The van der Waals surface area contributed by atoms with Crippen molar-refractivity contribution in [2.24, 2.45) is 0 Å². The van der Waals surface area contributed by atoms with Crippen molar-refractivity contribution in [1.29, 1.82) is 0 Å². The van der Waals surface area contributed by atoms with E-state index in [-0.39, 0.29) is 5.69 Å². The Morgan fingerprint density at radius 1 is 1.26 bits per heavy atom. The van der Waals surface area contributed by atoms with Gasteiger partial charge in [-0.3, -0.25) is 10.1 Å². The molecule has 2 aromatic carbocycles. The highest BCUT2D eigenvalue weighted by Crippen LogP contribution is 2.31. The molecule has 0 atom stereocenters. The van der Waals surface area contributed by atoms with Crippen LogP contribution in [0.25, 0.3) is 0 Å². The Bertz CT molecular complexity index is 652. The summed E-state index contributed by atoms with van der Waals surface area (Å²) < 4.78 is 1.47. The van der Waals surface area contributed by atoms with Crippen LogP contribution in [0.1, 0.15) is 0 Å². The fourth-order valence-electron chi connectivity index (χ4n) is 1.48. The predicted molar refractivity (Wildman–Crippen MR) is 88.2 cm³/mol. The Hall–Kier alpha value is -0.860. The molecular weight excluding hydrogens is 446 g/mol. The lowest BCUT2D eigenvalue weighted by Gasteiger charge is -2.09. The van der Waals surface area contributed by atoms with Gasteiger partial charge in [-0.25, -0.2) is 0 Å². The van der Waals surface area contributed by atoms with Gasteiger partial charge < -0.3 is 5.32 Å². The van der Waals surface area contributed by atoms with Gasteiger partial charge >= 0.3 is 0 Å². The fraction of sp³-hybridized carbons (Fsp3) is 0. The van der Waals surface area contributed by atoms with Gasteiger partial charge in [-0.05, 0) is 52.9 Å². The third-order valence-electron chi connectivity index (χ3n) is 2.35. The number of halogens is 3. The molecule has 0 amide bonds. The molecule has 4 nitrogen and oxygen atoms in total. The highest BCUT2D eigenvalue weighted by molar-refractivity contribution is 14.1. The van der Waals surface area contributed by atoms with Crippen LogP contribution in [0.4, 0.5) is 17.1 Å². The first-order valence-electron chi connectivity index (χ1n) is 5.13.